The summed E-state index contributed by atoms with van der Waals surface area (Å²) in [5.74, 6) is -0.251. The Bertz CT molecular complexity index is 531. The zero-order valence-corrected chi connectivity index (χ0v) is 9.32. The molecule has 6 heteroatoms. The summed E-state index contributed by atoms with van der Waals surface area (Å²) in [6.07, 6.45) is -3.07. The molecule has 0 bridgehead atoms. The molecule has 0 aliphatic carbocycles. The summed E-state index contributed by atoms with van der Waals surface area (Å²) in [6.45, 7) is 3.95. The molecule has 0 unspecified atom stereocenters. The monoisotopic (exact) mass is 244 g/mol. The highest BCUT2D eigenvalue weighted by Crippen LogP contribution is 2.26. The Morgan fingerprint density at radius 3 is 2.59 bits per heavy atom. The lowest BCUT2D eigenvalue weighted by atomic mass is 10.3. The van der Waals surface area contributed by atoms with Gasteiger partial charge in [0.1, 0.15) is 5.75 Å². The number of hydrogen-bond donors (Lipinski definition) is 0. The second-order valence-electron chi connectivity index (χ2n) is 3.94. The van der Waals surface area contributed by atoms with Crippen LogP contribution in [0.1, 0.15) is 19.9 Å². The Morgan fingerprint density at radius 2 is 2.00 bits per heavy atom. The number of imidazole rings is 1. The summed E-state index contributed by atoms with van der Waals surface area (Å²) in [7, 11) is 0. The van der Waals surface area contributed by atoms with Crippen molar-refractivity contribution >= 4 is 11.0 Å². The zero-order chi connectivity index (χ0) is 12.6. The minimum absolute atomic E-state index is 0.203. The van der Waals surface area contributed by atoms with Gasteiger partial charge in [-0.3, -0.25) is 0 Å². The molecule has 0 atom stereocenters. The van der Waals surface area contributed by atoms with Gasteiger partial charge in [0, 0.05) is 12.1 Å². The number of aromatic nitrogens is 2. The number of halogens is 3. The molecule has 2 aromatic rings. The molecule has 0 aliphatic rings. The molecule has 0 fully saturated rings. The van der Waals surface area contributed by atoms with Gasteiger partial charge in [-0.15, -0.1) is 13.2 Å². The van der Waals surface area contributed by atoms with Crippen LogP contribution >= 0.6 is 0 Å². The standard InChI is InChI=1S/C11H11F3N2O/c1-7(2)16-6-15-9-5-8(3-4-10(9)16)17-11(12,13)14/h3-7H,1-2H3. The first-order valence-electron chi connectivity index (χ1n) is 5.09. The number of ether oxygens (including phenoxy) is 1. The second-order valence-corrected chi connectivity index (χ2v) is 3.94. The van der Waals surface area contributed by atoms with Gasteiger partial charge in [0.05, 0.1) is 17.4 Å². The molecule has 1 heterocycles. The third-order valence-corrected chi connectivity index (χ3v) is 2.34. The second kappa shape index (κ2) is 3.94. The van der Waals surface area contributed by atoms with Gasteiger partial charge in [0.15, 0.2) is 0 Å². The highest BCUT2D eigenvalue weighted by molar-refractivity contribution is 5.77. The average molecular weight is 244 g/mol. The largest absolute Gasteiger partial charge is 0.573 e. The van der Waals surface area contributed by atoms with E-state index in [4.69, 9.17) is 0 Å². The Labute approximate surface area is 95.8 Å². The molecular formula is C11H11F3N2O. The van der Waals surface area contributed by atoms with Crippen LogP contribution in [0.4, 0.5) is 13.2 Å². The summed E-state index contributed by atoms with van der Waals surface area (Å²) in [5.41, 5.74) is 1.27. The predicted molar refractivity (Wildman–Crippen MR) is 56.8 cm³/mol. The lowest BCUT2D eigenvalue weighted by Crippen LogP contribution is -2.17. The van der Waals surface area contributed by atoms with Gasteiger partial charge in [-0.2, -0.15) is 0 Å². The first-order chi connectivity index (χ1) is 7.87. The van der Waals surface area contributed by atoms with Crippen molar-refractivity contribution in [1.29, 1.82) is 0 Å². The van der Waals surface area contributed by atoms with Crippen LogP contribution in [-0.2, 0) is 0 Å². The van der Waals surface area contributed by atoms with E-state index in [-0.39, 0.29) is 11.8 Å². The number of fused-ring (bicyclic) bond motifs is 1. The van der Waals surface area contributed by atoms with Crippen molar-refractivity contribution in [2.45, 2.75) is 26.3 Å². The van der Waals surface area contributed by atoms with Gasteiger partial charge in [-0.1, -0.05) is 0 Å². The maximum atomic E-state index is 12.0. The molecule has 0 radical (unpaired) electrons. The molecule has 1 aromatic heterocycles. The van der Waals surface area contributed by atoms with Crippen LogP contribution < -0.4 is 4.74 Å². The van der Waals surface area contributed by atoms with E-state index in [0.717, 1.165) is 5.52 Å². The molecule has 17 heavy (non-hydrogen) atoms. The van der Waals surface area contributed by atoms with Crippen LogP contribution in [0.3, 0.4) is 0 Å². The van der Waals surface area contributed by atoms with E-state index in [2.05, 4.69) is 9.72 Å². The molecule has 0 N–H and O–H groups in total. The fourth-order valence-corrected chi connectivity index (χ4v) is 1.62. The lowest BCUT2D eigenvalue weighted by molar-refractivity contribution is -0.274. The van der Waals surface area contributed by atoms with E-state index in [1.165, 1.54) is 12.1 Å². The Kier molecular flexibility index (Phi) is 2.73. The minimum atomic E-state index is -4.67. The van der Waals surface area contributed by atoms with Crippen molar-refractivity contribution < 1.29 is 17.9 Å². The molecule has 0 aliphatic heterocycles. The number of nitrogens with zero attached hydrogens (tertiary/aromatic N) is 2. The maximum absolute atomic E-state index is 12.0. The van der Waals surface area contributed by atoms with Crippen LogP contribution in [0.2, 0.25) is 0 Å². The van der Waals surface area contributed by atoms with Gasteiger partial charge in [0.25, 0.3) is 0 Å². The Balaban J connectivity index is 2.39. The van der Waals surface area contributed by atoms with Crippen molar-refractivity contribution in [1.82, 2.24) is 9.55 Å². The van der Waals surface area contributed by atoms with Crippen molar-refractivity contribution in [3.8, 4) is 5.75 Å². The van der Waals surface area contributed by atoms with Gasteiger partial charge in [-0.05, 0) is 26.0 Å². The van der Waals surface area contributed by atoms with Gasteiger partial charge >= 0.3 is 6.36 Å². The fourth-order valence-electron chi connectivity index (χ4n) is 1.62. The van der Waals surface area contributed by atoms with Gasteiger partial charge in [-0.25, -0.2) is 4.98 Å². The SMILES string of the molecule is CC(C)n1cnc2cc(OC(F)(F)F)ccc21. The lowest BCUT2D eigenvalue weighted by Gasteiger charge is -2.10. The number of benzene rings is 1. The highest BCUT2D eigenvalue weighted by atomic mass is 19.4. The molecular weight excluding hydrogens is 233 g/mol. The van der Waals surface area contributed by atoms with Crippen molar-refractivity contribution in [2.24, 2.45) is 0 Å². The first-order valence-corrected chi connectivity index (χ1v) is 5.09. The number of rotatable bonds is 2. The smallest absolute Gasteiger partial charge is 0.406 e. The van der Waals surface area contributed by atoms with Gasteiger partial charge in [0.2, 0.25) is 0 Å². The molecule has 0 amide bonds. The van der Waals surface area contributed by atoms with E-state index in [0.29, 0.717) is 5.52 Å². The summed E-state index contributed by atoms with van der Waals surface area (Å²) in [5, 5.41) is 0. The third kappa shape index (κ3) is 2.51. The number of hydrogen-bond acceptors (Lipinski definition) is 2. The van der Waals surface area contributed by atoms with E-state index < -0.39 is 6.36 Å². The summed E-state index contributed by atoms with van der Waals surface area (Å²) in [6, 6.07) is 4.34. The molecule has 92 valence electrons. The predicted octanol–water partition coefficient (Wildman–Crippen LogP) is 3.52. The van der Waals surface area contributed by atoms with E-state index >= 15 is 0 Å². The van der Waals surface area contributed by atoms with E-state index in [1.54, 1.807) is 12.4 Å². The molecule has 0 spiro atoms. The Morgan fingerprint density at radius 1 is 1.29 bits per heavy atom. The average Bonchev–Trinajstić information content (AvgIpc) is 2.57. The quantitative estimate of drug-likeness (QED) is 0.808. The molecule has 0 saturated carbocycles. The molecule has 3 nitrogen and oxygen atoms in total. The highest BCUT2D eigenvalue weighted by Gasteiger charge is 2.31. The van der Waals surface area contributed by atoms with Crippen LogP contribution in [0.25, 0.3) is 11.0 Å². The Hall–Kier alpha value is -1.72. The van der Waals surface area contributed by atoms with Gasteiger partial charge < -0.3 is 9.30 Å². The number of alkyl halides is 3. The molecule has 2 rings (SSSR count). The third-order valence-electron chi connectivity index (χ3n) is 2.34. The van der Waals surface area contributed by atoms with E-state index in [1.807, 2.05) is 18.4 Å². The molecule has 1 aromatic carbocycles. The van der Waals surface area contributed by atoms with Crippen molar-refractivity contribution in [3.05, 3.63) is 24.5 Å². The van der Waals surface area contributed by atoms with Crippen molar-refractivity contribution in [3.63, 3.8) is 0 Å². The van der Waals surface area contributed by atoms with Crippen LogP contribution in [0, 0.1) is 0 Å². The van der Waals surface area contributed by atoms with E-state index in [9.17, 15) is 13.2 Å². The zero-order valence-electron chi connectivity index (χ0n) is 9.32. The summed E-state index contributed by atoms with van der Waals surface area (Å²) < 4.78 is 41.8. The van der Waals surface area contributed by atoms with Crippen molar-refractivity contribution in [2.75, 3.05) is 0 Å². The topological polar surface area (TPSA) is 27.1 Å². The maximum Gasteiger partial charge on any atom is 0.573 e. The fraction of sp³-hybridized carbons (Fsp3) is 0.364. The summed E-state index contributed by atoms with van der Waals surface area (Å²) >= 11 is 0. The first kappa shape index (κ1) is 11.8. The normalized spacial score (nSPS) is 12.4. The van der Waals surface area contributed by atoms with Crippen LogP contribution in [0.5, 0.6) is 5.75 Å². The molecule has 0 saturated heterocycles. The minimum Gasteiger partial charge on any atom is -0.406 e. The summed E-state index contributed by atoms with van der Waals surface area (Å²) in [4.78, 5) is 4.05. The van der Waals surface area contributed by atoms with Crippen LogP contribution in [0.15, 0.2) is 24.5 Å². The van der Waals surface area contributed by atoms with Crippen LogP contribution in [-0.4, -0.2) is 15.9 Å².